The molecule has 1 unspecified atom stereocenters. The molecule has 1 aromatic carbocycles. The Hall–Kier alpha value is -0.710. The minimum Gasteiger partial charge on any atom is -0.196 e. The molecule has 0 radical (unpaired) electrons. The van der Waals surface area contributed by atoms with Crippen LogP contribution in [0.3, 0.4) is 0 Å². The van der Waals surface area contributed by atoms with Gasteiger partial charge in [-0.2, -0.15) is 5.26 Å². The molecule has 1 aromatic rings. The number of nitrogens with zero attached hydrogens (tertiary/aromatic N) is 1. The van der Waals surface area contributed by atoms with E-state index in [1.54, 1.807) is 0 Å². The highest BCUT2D eigenvalue weighted by Crippen LogP contribution is 2.23. The molecule has 0 aliphatic heterocycles. The zero-order valence-electron chi connectivity index (χ0n) is 6.30. The molecule has 0 spiro atoms. The Morgan fingerprint density at radius 2 is 2.08 bits per heavy atom. The summed E-state index contributed by atoms with van der Waals surface area (Å²) in [5.41, 5.74) is 1.72. The van der Waals surface area contributed by atoms with Crippen LogP contribution in [0.2, 0.25) is 0 Å². The summed E-state index contributed by atoms with van der Waals surface area (Å²) in [7, 11) is 0. The van der Waals surface area contributed by atoms with Crippen LogP contribution in [0.25, 0.3) is 0 Å². The Kier molecular flexibility index (Phi) is 3.40. The fraction of sp³-hybridized carbons (Fsp3) is 0.222. The van der Waals surface area contributed by atoms with Gasteiger partial charge in [-0.05, 0) is 11.1 Å². The van der Waals surface area contributed by atoms with E-state index in [4.69, 9.17) is 28.5 Å². The average molecular weight is 200 g/mol. The van der Waals surface area contributed by atoms with E-state index in [1.807, 2.05) is 30.3 Å². The van der Waals surface area contributed by atoms with Crippen LogP contribution >= 0.6 is 23.2 Å². The van der Waals surface area contributed by atoms with Gasteiger partial charge in [-0.25, -0.2) is 0 Å². The van der Waals surface area contributed by atoms with E-state index in [2.05, 4.69) is 0 Å². The number of nitriles is 1. The molecule has 0 amide bonds. The minimum atomic E-state index is -0.597. The summed E-state index contributed by atoms with van der Waals surface area (Å²) in [5.74, 6) is 0.390. The number of hydrogen-bond donors (Lipinski definition) is 0. The molecule has 3 heteroatoms. The average Bonchev–Trinajstić information content (AvgIpc) is 2.16. The molecule has 0 N–H and O–H groups in total. The van der Waals surface area contributed by atoms with Gasteiger partial charge in [0.25, 0.3) is 0 Å². The van der Waals surface area contributed by atoms with E-state index < -0.39 is 5.38 Å². The number of benzene rings is 1. The van der Waals surface area contributed by atoms with Gasteiger partial charge < -0.3 is 0 Å². The monoisotopic (exact) mass is 199 g/mol. The van der Waals surface area contributed by atoms with Gasteiger partial charge in [0.15, 0.2) is 0 Å². The van der Waals surface area contributed by atoms with Gasteiger partial charge in [0.1, 0.15) is 5.38 Å². The van der Waals surface area contributed by atoms with E-state index in [0.717, 1.165) is 11.1 Å². The molecule has 0 bridgehead atoms. The lowest BCUT2D eigenvalue weighted by atomic mass is 10.1. The van der Waals surface area contributed by atoms with E-state index in [9.17, 15) is 0 Å². The number of alkyl halides is 2. The van der Waals surface area contributed by atoms with Crippen LogP contribution in [0.4, 0.5) is 0 Å². The van der Waals surface area contributed by atoms with E-state index >= 15 is 0 Å². The smallest absolute Gasteiger partial charge is 0.145 e. The van der Waals surface area contributed by atoms with Crippen molar-refractivity contribution >= 4 is 23.2 Å². The molecular formula is C9H7Cl2N. The molecule has 0 aromatic heterocycles. The maximum absolute atomic E-state index is 8.58. The second kappa shape index (κ2) is 4.35. The zero-order valence-corrected chi connectivity index (χ0v) is 7.81. The molecule has 1 atom stereocenters. The number of halogens is 2. The van der Waals surface area contributed by atoms with Crippen LogP contribution in [-0.4, -0.2) is 0 Å². The predicted octanol–water partition coefficient (Wildman–Crippen LogP) is 3.23. The predicted molar refractivity (Wildman–Crippen MR) is 50.2 cm³/mol. The van der Waals surface area contributed by atoms with Gasteiger partial charge in [0.2, 0.25) is 0 Å². The maximum Gasteiger partial charge on any atom is 0.145 e. The fourth-order valence-corrected chi connectivity index (χ4v) is 1.43. The second-order valence-corrected chi connectivity index (χ2v) is 3.03. The lowest BCUT2D eigenvalue weighted by Crippen LogP contribution is -1.92. The molecule has 0 aliphatic rings. The second-order valence-electron chi connectivity index (χ2n) is 2.32. The van der Waals surface area contributed by atoms with Crippen LogP contribution in [0.1, 0.15) is 16.5 Å². The fourth-order valence-electron chi connectivity index (χ4n) is 0.973. The molecule has 0 aliphatic carbocycles. The van der Waals surface area contributed by atoms with E-state index in [1.165, 1.54) is 0 Å². The van der Waals surface area contributed by atoms with Gasteiger partial charge in [-0.3, -0.25) is 0 Å². The first-order valence-electron chi connectivity index (χ1n) is 3.47. The molecule has 0 saturated heterocycles. The highest BCUT2D eigenvalue weighted by molar-refractivity contribution is 6.23. The Bertz CT molecular complexity index is 304. The van der Waals surface area contributed by atoms with Crippen molar-refractivity contribution in [2.45, 2.75) is 11.3 Å². The van der Waals surface area contributed by atoms with Crippen LogP contribution in [0.15, 0.2) is 24.3 Å². The topological polar surface area (TPSA) is 23.8 Å². The van der Waals surface area contributed by atoms with E-state index in [0.29, 0.717) is 5.88 Å². The van der Waals surface area contributed by atoms with Crippen molar-refractivity contribution in [1.29, 1.82) is 5.26 Å². The van der Waals surface area contributed by atoms with Crippen molar-refractivity contribution in [3.05, 3.63) is 35.4 Å². The third-order valence-electron chi connectivity index (χ3n) is 1.59. The van der Waals surface area contributed by atoms with E-state index in [-0.39, 0.29) is 0 Å². The number of rotatable bonds is 2. The Morgan fingerprint density at radius 1 is 1.42 bits per heavy atom. The first-order chi connectivity index (χ1) is 5.79. The highest BCUT2D eigenvalue weighted by Gasteiger charge is 2.09. The molecule has 0 heterocycles. The largest absolute Gasteiger partial charge is 0.196 e. The maximum atomic E-state index is 8.58. The third kappa shape index (κ3) is 1.91. The Balaban J connectivity index is 3.06. The Morgan fingerprint density at radius 3 is 2.67 bits per heavy atom. The molecule has 1 nitrogen and oxygen atoms in total. The van der Waals surface area contributed by atoms with Crippen LogP contribution in [-0.2, 0) is 5.88 Å². The first-order valence-corrected chi connectivity index (χ1v) is 4.44. The van der Waals surface area contributed by atoms with Gasteiger partial charge >= 0.3 is 0 Å². The zero-order chi connectivity index (χ0) is 8.97. The summed E-state index contributed by atoms with van der Waals surface area (Å²) in [6.07, 6.45) is 0. The SMILES string of the molecule is N#CC(Cl)c1ccccc1CCl. The summed E-state index contributed by atoms with van der Waals surface area (Å²) in [4.78, 5) is 0. The third-order valence-corrected chi connectivity index (χ3v) is 2.21. The number of hydrogen-bond acceptors (Lipinski definition) is 1. The highest BCUT2D eigenvalue weighted by atomic mass is 35.5. The lowest BCUT2D eigenvalue weighted by Gasteiger charge is -2.05. The molecule has 0 saturated carbocycles. The van der Waals surface area contributed by atoms with Crippen LogP contribution in [0, 0.1) is 11.3 Å². The van der Waals surface area contributed by atoms with Crippen molar-refractivity contribution < 1.29 is 0 Å². The molecule has 0 fully saturated rings. The summed E-state index contributed by atoms with van der Waals surface area (Å²) in [6.45, 7) is 0. The first kappa shape index (κ1) is 9.38. The summed E-state index contributed by atoms with van der Waals surface area (Å²) in [6, 6.07) is 9.37. The van der Waals surface area contributed by atoms with Crippen LogP contribution < -0.4 is 0 Å². The summed E-state index contributed by atoms with van der Waals surface area (Å²) < 4.78 is 0. The van der Waals surface area contributed by atoms with Crippen molar-refractivity contribution in [3.63, 3.8) is 0 Å². The van der Waals surface area contributed by atoms with Crippen molar-refractivity contribution in [2.75, 3.05) is 0 Å². The van der Waals surface area contributed by atoms with Crippen LogP contribution in [0.5, 0.6) is 0 Å². The molecule has 12 heavy (non-hydrogen) atoms. The molecular weight excluding hydrogens is 193 g/mol. The van der Waals surface area contributed by atoms with Gasteiger partial charge in [-0.15, -0.1) is 23.2 Å². The van der Waals surface area contributed by atoms with Gasteiger partial charge in [0, 0.05) is 5.88 Å². The van der Waals surface area contributed by atoms with Crippen molar-refractivity contribution in [2.24, 2.45) is 0 Å². The quantitative estimate of drug-likeness (QED) is 0.672. The van der Waals surface area contributed by atoms with Gasteiger partial charge in [0.05, 0.1) is 6.07 Å². The van der Waals surface area contributed by atoms with Crippen molar-refractivity contribution in [1.82, 2.24) is 0 Å². The standard InChI is InChI=1S/C9H7Cl2N/c10-5-7-3-1-2-4-8(7)9(11)6-12/h1-4,9H,5H2. The Labute approximate surface area is 81.5 Å². The normalized spacial score (nSPS) is 12.1. The van der Waals surface area contributed by atoms with Gasteiger partial charge in [-0.1, -0.05) is 24.3 Å². The lowest BCUT2D eigenvalue weighted by molar-refractivity contribution is 1.16. The van der Waals surface area contributed by atoms with Crippen molar-refractivity contribution in [3.8, 4) is 6.07 Å². The molecule has 62 valence electrons. The molecule has 1 rings (SSSR count). The minimum absolute atomic E-state index is 0.390. The summed E-state index contributed by atoms with van der Waals surface area (Å²) >= 11 is 11.4. The summed E-state index contributed by atoms with van der Waals surface area (Å²) in [5, 5.41) is 7.99.